The lowest BCUT2D eigenvalue weighted by Crippen LogP contribution is -2.53. The van der Waals surface area contributed by atoms with Gasteiger partial charge in [0.25, 0.3) is 0 Å². The Morgan fingerprint density at radius 1 is 0.702 bits per heavy atom. The molecular formula is C28H55BN4O14. The summed E-state index contributed by atoms with van der Waals surface area (Å²) in [6.45, 7) is 2.81. The average molecular weight is 683 g/mol. The third kappa shape index (κ3) is 17.8. The van der Waals surface area contributed by atoms with Crippen molar-refractivity contribution in [3.05, 3.63) is 0 Å². The summed E-state index contributed by atoms with van der Waals surface area (Å²) in [6, 6.07) is -1.37. The second kappa shape index (κ2) is 21.9. The van der Waals surface area contributed by atoms with Crippen LogP contribution in [0.2, 0.25) is 0 Å². The largest absolute Gasteiger partial charge is 0.394 e. The quantitative estimate of drug-likeness (QED) is 0.0398. The molecule has 0 saturated heterocycles. The Morgan fingerprint density at radius 2 is 1.17 bits per heavy atom. The zero-order chi connectivity index (χ0) is 36.5. The van der Waals surface area contributed by atoms with Crippen LogP contribution in [-0.4, -0.2) is 183 Å². The van der Waals surface area contributed by atoms with Gasteiger partial charge in [-0.05, 0) is 47.1 Å². The molecule has 0 bridgehead atoms. The second-order valence-electron chi connectivity index (χ2n) is 12.3. The predicted octanol–water partition coefficient (Wildman–Crippen LogP) is -6.57. The summed E-state index contributed by atoms with van der Waals surface area (Å²) in [5, 5.41) is 106. The highest BCUT2D eigenvalue weighted by Gasteiger charge is 2.32. The SMILES string of the molecule is [B]C(C)(CCC(=O)NC(CCC(=O)NC[C@H](O)[C@@H](O)[C@H](O)[C@H](O)CO)C(=O)NC[C@H](O)[C@@H](O)[C@H](O)[C@H](O)CO)OCCC(C)(C)NC. The molecular weight excluding hydrogens is 627 g/mol. The lowest BCUT2D eigenvalue weighted by molar-refractivity contribution is -0.132. The van der Waals surface area contributed by atoms with Gasteiger partial charge in [0.15, 0.2) is 0 Å². The molecule has 2 radical (unpaired) electrons. The van der Waals surface area contributed by atoms with Gasteiger partial charge in [0, 0.05) is 43.6 Å². The van der Waals surface area contributed by atoms with E-state index in [-0.39, 0.29) is 24.8 Å². The molecule has 0 heterocycles. The number of ether oxygens (including phenoxy) is 1. The predicted molar refractivity (Wildman–Crippen MR) is 167 cm³/mol. The Hall–Kier alpha value is -2.01. The molecule has 0 aromatic heterocycles. The van der Waals surface area contributed by atoms with E-state index in [0.717, 1.165) is 0 Å². The Kier molecular flexibility index (Phi) is 20.9. The molecule has 0 saturated carbocycles. The molecule has 19 heteroatoms. The number of hydrogen-bond donors (Lipinski definition) is 14. The van der Waals surface area contributed by atoms with E-state index >= 15 is 0 Å². The van der Waals surface area contributed by atoms with Crippen LogP contribution in [0.1, 0.15) is 52.9 Å². The van der Waals surface area contributed by atoms with Gasteiger partial charge in [-0.25, -0.2) is 0 Å². The number of aliphatic hydroxyl groups is 10. The Balaban J connectivity index is 5.35. The fourth-order valence-corrected chi connectivity index (χ4v) is 3.91. The lowest BCUT2D eigenvalue weighted by Gasteiger charge is -2.30. The van der Waals surface area contributed by atoms with Crippen LogP contribution in [-0.2, 0) is 19.1 Å². The third-order valence-electron chi connectivity index (χ3n) is 7.64. The van der Waals surface area contributed by atoms with Gasteiger partial charge in [0.2, 0.25) is 17.7 Å². The fourth-order valence-electron chi connectivity index (χ4n) is 3.91. The maximum Gasteiger partial charge on any atom is 0.242 e. The molecule has 2 unspecified atom stereocenters. The van der Waals surface area contributed by atoms with Gasteiger partial charge in [-0.15, -0.1) is 0 Å². The van der Waals surface area contributed by atoms with Gasteiger partial charge in [0.05, 0.1) is 25.4 Å². The minimum atomic E-state index is -1.96. The average Bonchev–Trinajstić information content (AvgIpc) is 3.04. The number of aliphatic hydroxyl groups excluding tert-OH is 10. The molecule has 10 atom stereocenters. The highest BCUT2D eigenvalue weighted by Crippen LogP contribution is 2.17. The minimum Gasteiger partial charge on any atom is -0.394 e. The first kappa shape index (κ1) is 45.0. The Morgan fingerprint density at radius 3 is 1.64 bits per heavy atom. The van der Waals surface area contributed by atoms with Gasteiger partial charge in [0.1, 0.15) is 50.5 Å². The number of carbonyl (C=O) groups is 3. The van der Waals surface area contributed by atoms with Crippen LogP contribution in [0.4, 0.5) is 0 Å². The molecule has 18 nitrogen and oxygen atoms in total. The van der Waals surface area contributed by atoms with Crippen molar-refractivity contribution in [2.75, 3.05) is 40.0 Å². The molecule has 0 fully saturated rings. The van der Waals surface area contributed by atoms with Gasteiger partial charge in [-0.2, -0.15) is 0 Å². The molecule has 0 aromatic rings. The maximum absolute atomic E-state index is 13.0. The van der Waals surface area contributed by atoms with Crippen LogP contribution in [0.15, 0.2) is 0 Å². The standard InChI is InChI=1S/C28H55BN4O14/c1-27(2,30-4)9-10-47-28(3,29)8-7-21(41)33-15(26(46)32-12-17(37)23(43)25(45)19(39)14-35)5-6-20(40)31-11-16(36)22(42)24(44)18(38)13-34/h15-19,22-25,30,34-39,42-45H,5-14H2,1-4H3,(H,31,40)(H,32,46)(H,33,41)/t15?,16-,17-,18+,19+,22+,23+,24+,25+,28?/m0/s1. The summed E-state index contributed by atoms with van der Waals surface area (Å²) in [5.74, 6) is -2.28. The summed E-state index contributed by atoms with van der Waals surface area (Å²) in [5.41, 5.74) is -1.40. The van der Waals surface area contributed by atoms with Crippen LogP contribution in [0.3, 0.4) is 0 Å². The molecule has 274 valence electrons. The van der Waals surface area contributed by atoms with Crippen molar-refractivity contribution < 1.29 is 70.2 Å². The summed E-state index contributed by atoms with van der Waals surface area (Å²) in [7, 11) is 7.98. The van der Waals surface area contributed by atoms with Crippen LogP contribution in [0, 0.1) is 0 Å². The number of hydrogen-bond acceptors (Lipinski definition) is 15. The molecule has 0 spiro atoms. The van der Waals surface area contributed by atoms with E-state index in [2.05, 4.69) is 21.3 Å². The van der Waals surface area contributed by atoms with Crippen molar-refractivity contribution in [2.24, 2.45) is 0 Å². The first-order valence-corrected chi connectivity index (χ1v) is 15.3. The van der Waals surface area contributed by atoms with Gasteiger partial charge in [-0.1, -0.05) is 0 Å². The number of carbonyl (C=O) groups excluding carboxylic acids is 3. The van der Waals surface area contributed by atoms with Gasteiger partial charge in [-0.3, -0.25) is 14.4 Å². The van der Waals surface area contributed by atoms with E-state index in [4.69, 9.17) is 22.8 Å². The van der Waals surface area contributed by atoms with E-state index in [9.17, 15) is 55.2 Å². The zero-order valence-corrected chi connectivity index (χ0v) is 27.4. The van der Waals surface area contributed by atoms with Crippen molar-refractivity contribution in [1.29, 1.82) is 0 Å². The molecule has 0 aliphatic carbocycles. The first-order chi connectivity index (χ1) is 21.7. The van der Waals surface area contributed by atoms with Crippen LogP contribution >= 0.6 is 0 Å². The summed E-state index contributed by atoms with van der Waals surface area (Å²) < 4.78 is 5.72. The van der Waals surface area contributed by atoms with Crippen LogP contribution in [0.5, 0.6) is 0 Å². The summed E-state index contributed by atoms with van der Waals surface area (Å²) in [6.07, 6.45) is -15.0. The van der Waals surface area contributed by atoms with Gasteiger partial charge < -0.3 is 77.1 Å². The van der Waals surface area contributed by atoms with Crippen LogP contribution in [0.25, 0.3) is 0 Å². The normalized spacial score (nSPS) is 19.2. The van der Waals surface area contributed by atoms with E-state index in [1.54, 1.807) is 6.92 Å². The van der Waals surface area contributed by atoms with E-state index in [0.29, 0.717) is 13.0 Å². The smallest absolute Gasteiger partial charge is 0.242 e. The molecule has 3 amide bonds. The van der Waals surface area contributed by atoms with E-state index in [1.807, 2.05) is 20.9 Å². The number of rotatable bonds is 25. The Bertz CT molecular complexity index is 934. The summed E-state index contributed by atoms with van der Waals surface area (Å²) in [4.78, 5) is 38.2. The lowest BCUT2D eigenvalue weighted by atomic mass is 9.79. The summed E-state index contributed by atoms with van der Waals surface area (Å²) >= 11 is 0. The van der Waals surface area contributed by atoms with Gasteiger partial charge >= 0.3 is 0 Å². The van der Waals surface area contributed by atoms with Crippen molar-refractivity contribution in [2.45, 2.75) is 119 Å². The van der Waals surface area contributed by atoms with E-state index < -0.39 is 111 Å². The molecule has 14 N–H and O–H groups in total. The molecule has 0 rings (SSSR count). The molecule has 0 aromatic carbocycles. The maximum atomic E-state index is 13.0. The molecule has 47 heavy (non-hydrogen) atoms. The topological polar surface area (TPSA) is 311 Å². The highest BCUT2D eigenvalue weighted by atomic mass is 16.5. The fraction of sp³-hybridized carbons (Fsp3) is 0.893. The Labute approximate surface area is 275 Å². The second-order valence-corrected chi connectivity index (χ2v) is 12.3. The number of nitrogens with one attached hydrogen (secondary N) is 4. The highest BCUT2D eigenvalue weighted by molar-refractivity contribution is 6.14. The van der Waals surface area contributed by atoms with Crippen molar-refractivity contribution in [3.8, 4) is 0 Å². The third-order valence-corrected chi connectivity index (χ3v) is 7.64. The first-order valence-electron chi connectivity index (χ1n) is 15.3. The number of amides is 3. The van der Waals surface area contributed by atoms with Crippen molar-refractivity contribution >= 4 is 25.6 Å². The van der Waals surface area contributed by atoms with E-state index in [1.165, 1.54) is 0 Å². The van der Waals surface area contributed by atoms with Crippen molar-refractivity contribution in [1.82, 2.24) is 21.3 Å². The van der Waals surface area contributed by atoms with Crippen molar-refractivity contribution in [3.63, 3.8) is 0 Å². The minimum absolute atomic E-state index is 0.0562. The zero-order valence-electron chi connectivity index (χ0n) is 27.4. The monoisotopic (exact) mass is 682 g/mol. The molecule has 0 aliphatic rings. The van der Waals surface area contributed by atoms with Crippen LogP contribution < -0.4 is 21.3 Å². The molecule has 0 aliphatic heterocycles.